The van der Waals surface area contributed by atoms with Crippen molar-refractivity contribution in [1.82, 2.24) is 4.90 Å². The number of nitrogens with zero attached hydrogens (tertiary/aromatic N) is 2. The Hall–Kier alpha value is -3.12. The molecule has 3 aromatic carbocycles. The topological polar surface area (TPSA) is 61.8 Å². The highest BCUT2D eigenvalue weighted by Gasteiger charge is 2.39. The molecule has 0 aromatic heterocycles. The lowest BCUT2D eigenvalue weighted by molar-refractivity contribution is -0.128. The lowest BCUT2D eigenvalue weighted by atomic mass is 10.1. The number of rotatable bonds is 6. The van der Waals surface area contributed by atoms with E-state index < -0.39 is 5.25 Å². The zero-order chi connectivity index (χ0) is 23.5. The highest BCUT2D eigenvalue weighted by Crippen LogP contribution is 2.33. The molecular weight excluding hydrogens is 430 g/mol. The molecule has 0 saturated carbocycles. The summed E-state index contributed by atoms with van der Waals surface area (Å²) in [6.45, 7) is 8.81. The molecule has 2 amide bonds. The van der Waals surface area contributed by atoms with Gasteiger partial charge in [-0.3, -0.25) is 14.5 Å². The SMILES string of the molecule is Cc1cc(C)cc(N=C2SC(CC(=O)Nc3cccc4ccccc34)C(=O)N2CC(C)C)c1. The van der Waals surface area contributed by atoms with Crippen LogP contribution in [-0.4, -0.2) is 33.7 Å². The number of benzene rings is 3. The summed E-state index contributed by atoms with van der Waals surface area (Å²) in [6, 6.07) is 19.9. The van der Waals surface area contributed by atoms with E-state index >= 15 is 0 Å². The molecule has 1 N–H and O–H groups in total. The van der Waals surface area contributed by atoms with Gasteiger partial charge in [-0.15, -0.1) is 0 Å². The summed E-state index contributed by atoms with van der Waals surface area (Å²) in [4.78, 5) is 32.7. The van der Waals surface area contributed by atoms with Crippen molar-refractivity contribution < 1.29 is 9.59 Å². The molecule has 0 bridgehead atoms. The monoisotopic (exact) mass is 459 g/mol. The van der Waals surface area contributed by atoms with Gasteiger partial charge in [0.15, 0.2) is 5.17 Å². The maximum atomic E-state index is 13.2. The molecule has 1 aliphatic heterocycles. The van der Waals surface area contributed by atoms with E-state index in [-0.39, 0.29) is 18.2 Å². The molecule has 4 rings (SSSR count). The number of carbonyl (C=O) groups is 2. The quantitative estimate of drug-likeness (QED) is 0.486. The van der Waals surface area contributed by atoms with E-state index in [0.29, 0.717) is 17.6 Å². The van der Waals surface area contributed by atoms with Gasteiger partial charge < -0.3 is 5.32 Å². The number of thioether (sulfide) groups is 1. The van der Waals surface area contributed by atoms with Gasteiger partial charge in [0.1, 0.15) is 5.25 Å². The van der Waals surface area contributed by atoms with Crippen molar-refractivity contribution in [2.45, 2.75) is 39.4 Å². The first-order chi connectivity index (χ1) is 15.8. The Morgan fingerprint density at radius 1 is 1.06 bits per heavy atom. The largest absolute Gasteiger partial charge is 0.325 e. The predicted octanol–water partition coefficient (Wildman–Crippen LogP) is 6.07. The zero-order valence-electron chi connectivity index (χ0n) is 19.5. The van der Waals surface area contributed by atoms with Crippen molar-refractivity contribution in [3.8, 4) is 0 Å². The van der Waals surface area contributed by atoms with Crippen LogP contribution in [0.4, 0.5) is 11.4 Å². The highest BCUT2D eigenvalue weighted by atomic mass is 32.2. The molecule has 3 aromatic rings. The van der Waals surface area contributed by atoms with Crippen LogP contribution in [0.25, 0.3) is 10.8 Å². The van der Waals surface area contributed by atoms with E-state index in [1.807, 2.05) is 68.4 Å². The molecule has 5 nitrogen and oxygen atoms in total. The smallest absolute Gasteiger partial charge is 0.242 e. The molecule has 33 heavy (non-hydrogen) atoms. The number of nitrogens with one attached hydrogen (secondary N) is 1. The van der Waals surface area contributed by atoms with Gasteiger partial charge in [-0.2, -0.15) is 0 Å². The van der Waals surface area contributed by atoms with Gasteiger partial charge in [0.25, 0.3) is 0 Å². The van der Waals surface area contributed by atoms with Gasteiger partial charge >= 0.3 is 0 Å². The Morgan fingerprint density at radius 2 is 1.76 bits per heavy atom. The second kappa shape index (κ2) is 9.79. The van der Waals surface area contributed by atoms with Gasteiger partial charge in [-0.25, -0.2) is 4.99 Å². The molecule has 0 aliphatic carbocycles. The summed E-state index contributed by atoms with van der Waals surface area (Å²) >= 11 is 1.38. The lowest BCUT2D eigenvalue weighted by Crippen LogP contribution is -2.36. The van der Waals surface area contributed by atoms with Gasteiger partial charge in [0.2, 0.25) is 11.8 Å². The minimum Gasteiger partial charge on any atom is -0.325 e. The molecule has 1 unspecified atom stereocenters. The number of amidine groups is 1. The van der Waals surface area contributed by atoms with Crippen LogP contribution in [0.1, 0.15) is 31.4 Å². The van der Waals surface area contributed by atoms with E-state index in [1.165, 1.54) is 11.8 Å². The van der Waals surface area contributed by atoms with E-state index in [4.69, 9.17) is 4.99 Å². The second-order valence-corrected chi connectivity index (χ2v) is 10.1. The van der Waals surface area contributed by atoms with Crippen LogP contribution in [0.2, 0.25) is 0 Å². The number of amides is 2. The molecule has 1 atom stereocenters. The number of hydrogen-bond donors (Lipinski definition) is 1. The second-order valence-electron chi connectivity index (χ2n) is 8.97. The average molecular weight is 460 g/mol. The molecule has 0 radical (unpaired) electrons. The van der Waals surface area contributed by atoms with Gasteiger partial charge in [0.05, 0.1) is 5.69 Å². The van der Waals surface area contributed by atoms with Crippen LogP contribution < -0.4 is 5.32 Å². The highest BCUT2D eigenvalue weighted by molar-refractivity contribution is 8.15. The first-order valence-corrected chi connectivity index (χ1v) is 12.1. The standard InChI is InChI=1S/C27H29N3O2S/c1-17(2)16-30-26(32)24(33-27(30)28-21-13-18(3)12-19(4)14-21)15-25(31)29-23-11-7-9-20-8-5-6-10-22(20)23/h5-14,17,24H,15-16H2,1-4H3,(H,29,31). The predicted molar refractivity (Wildman–Crippen MR) is 138 cm³/mol. The van der Waals surface area contributed by atoms with Gasteiger partial charge in [-0.05, 0) is 54.5 Å². The molecule has 1 fully saturated rings. The lowest BCUT2D eigenvalue weighted by Gasteiger charge is -2.18. The summed E-state index contributed by atoms with van der Waals surface area (Å²) in [5, 5.41) is 5.24. The summed E-state index contributed by atoms with van der Waals surface area (Å²) in [5.74, 6) is 0.0708. The Kier molecular flexibility index (Phi) is 6.84. The van der Waals surface area contributed by atoms with Gasteiger partial charge in [0, 0.05) is 24.0 Å². The van der Waals surface area contributed by atoms with Crippen molar-refractivity contribution in [3.05, 3.63) is 71.8 Å². The van der Waals surface area contributed by atoms with Crippen molar-refractivity contribution in [2.75, 3.05) is 11.9 Å². The Labute approximate surface area is 199 Å². The fourth-order valence-electron chi connectivity index (χ4n) is 4.09. The van der Waals surface area contributed by atoms with Crippen LogP contribution in [-0.2, 0) is 9.59 Å². The maximum Gasteiger partial charge on any atom is 0.242 e. The average Bonchev–Trinajstić information content (AvgIpc) is 3.01. The Morgan fingerprint density at radius 3 is 2.48 bits per heavy atom. The van der Waals surface area contributed by atoms with E-state index in [9.17, 15) is 9.59 Å². The first kappa shape index (κ1) is 23.1. The van der Waals surface area contributed by atoms with Crippen LogP contribution in [0, 0.1) is 19.8 Å². The normalized spacial score (nSPS) is 17.4. The molecule has 170 valence electrons. The van der Waals surface area contributed by atoms with Crippen molar-refractivity contribution >= 4 is 50.9 Å². The fourth-order valence-corrected chi connectivity index (χ4v) is 5.26. The number of anilines is 1. The zero-order valence-corrected chi connectivity index (χ0v) is 20.3. The van der Waals surface area contributed by atoms with E-state index in [1.54, 1.807) is 4.90 Å². The third-order valence-electron chi connectivity index (χ3n) is 5.43. The minimum atomic E-state index is -0.483. The number of aliphatic imine (C=N–C) groups is 1. The van der Waals surface area contributed by atoms with Crippen LogP contribution in [0.15, 0.2) is 65.7 Å². The number of carbonyl (C=O) groups excluding carboxylic acids is 2. The summed E-state index contributed by atoms with van der Waals surface area (Å²) in [5.41, 5.74) is 3.85. The third-order valence-corrected chi connectivity index (χ3v) is 6.61. The van der Waals surface area contributed by atoms with Crippen molar-refractivity contribution in [3.63, 3.8) is 0 Å². The Bertz CT molecular complexity index is 1210. The van der Waals surface area contributed by atoms with Crippen LogP contribution in [0.3, 0.4) is 0 Å². The molecule has 0 spiro atoms. The molecule has 1 heterocycles. The van der Waals surface area contributed by atoms with Crippen molar-refractivity contribution in [1.29, 1.82) is 0 Å². The molecule has 1 saturated heterocycles. The third kappa shape index (κ3) is 5.45. The fraction of sp³-hybridized carbons (Fsp3) is 0.296. The molecule has 1 aliphatic rings. The summed E-state index contributed by atoms with van der Waals surface area (Å²) in [7, 11) is 0. The van der Waals surface area contributed by atoms with Gasteiger partial charge in [-0.1, -0.05) is 68.1 Å². The van der Waals surface area contributed by atoms with Crippen LogP contribution >= 0.6 is 11.8 Å². The van der Waals surface area contributed by atoms with Crippen LogP contribution in [0.5, 0.6) is 0 Å². The number of aryl methyl sites for hydroxylation is 2. The number of hydrogen-bond acceptors (Lipinski definition) is 4. The van der Waals surface area contributed by atoms with E-state index in [0.717, 1.165) is 33.3 Å². The summed E-state index contributed by atoms with van der Waals surface area (Å²) < 4.78 is 0. The summed E-state index contributed by atoms with van der Waals surface area (Å²) in [6.07, 6.45) is 0.104. The minimum absolute atomic E-state index is 0.0510. The first-order valence-electron chi connectivity index (χ1n) is 11.2. The number of fused-ring (bicyclic) bond motifs is 1. The van der Waals surface area contributed by atoms with Crippen molar-refractivity contribution in [2.24, 2.45) is 10.9 Å². The van der Waals surface area contributed by atoms with E-state index in [2.05, 4.69) is 25.2 Å². The molecule has 6 heteroatoms. The Balaban J connectivity index is 1.54. The molecular formula is C27H29N3O2S. The maximum absolute atomic E-state index is 13.2.